The molecule has 9 heteroatoms. The molecule has 0 bridgehead atoms. The van der Waals surface area contributed by atoms with E-state index in [4.69, 9.17) is 0 Å². The first kappa shape index (κ1) is 15.6. The Kier molecular flexibility index (Phi) is 4.06. The quantitative estimate of drug-likeness (QED) is 0.589. The van der Waals surface area contributed by atoms with Crippen LogP contribution in [0, 0.1) is 0 Å². The lowest BCUT2D eigenvalue weighted by molar-refractivity contribution is 0.786. The summed E-state index contributed by atoms with van der Waals surface area (Å²) in [5, 5.41) is 18.8. The van der Waals surface area contributed by atoms with Gasteiger partial charge in [-0.15, -0.1) is 10.2 Å². The summed E-state index contributed by atoms with van der Waals surface area (Å²) in [4.78, 5) is 13.4. The molecule has 0 spiro atoms. The topological polar surface area (TPSA) is 94.3 Å². The van der Waals surface area contributed by atoms with Crippen molar-refractivity contribution in [2.24, 2.45) is 7.05 Å². The molecule has 8 nitrogen and oxygen atoms in total. The fraction of sp³-hybridized carbons (Fsp3) is 0.250. The van der Waals surface area contributed by atoms with Gasteiger partial charge in [-0.25, -0.2) is 9.97 Å². The summed E-state index contributed by atoms with van der Waals surface area (Å²) in [6, 6.07) is 3.80. The number of aryl methyl sites for hydroxylation is 2. The van der Waals surface area contributed by atoms with Crippen LogP contribution in [0.2, 0.25) is 0 Å². The molecule has 0 aliphatic rings. The minimum atomic E-state index is 0.561. The van der Waals surface area contributed by atoms with Gasteiger partial charge in [0.15, 0.2) is 11.5 Å². The number of anilines is 1. The predicted octanol–water partition coefficient (Wildman–Crippen LogP) is 2.45. The summed E-state index contributed by atoms with van der Waals surface area (Å²) in [5.74, 6) is 1.34. The molecule has 4 heterocycles. The highest BCUT2D eigenvalue weighted by molar-refractivity contribution is 7.11. The smallest absolute Gasteiger partial charge is 0.165 e. The summed E-state index contributed by atoms with van der Waals surface area (Å²) in [6.07, 6.45) is 6.14. The van der Waals surface area contributed by atoms with E-state index in [1.807, 2.05) is 19.2 Å². The first-order chi connectivity index (χ1) is 12.2. The van der Waals surface area contributed by atoms with Gasteiger partial charge in [0.25, 0.3) is 0 Å². The Labute approximate surface area is 148 Å². The largest absolute Gasteiger partial charge is 0.363 e. The van der Waals surface area contributed by atoms with Gasteiger partial charge in [0, 0.05) is 25.0 Å². The van der Waals surface area contributed by atoms with Crippen LogP contribution in [0.15, 0.2) is 30.7 Å². The lowest BCUT2D eigenvalue weighted by atomic mass is 10.2. The van der Waals surface area contributed by atoms with Crippen LogP contribution >= 0.6 is 11.3 Å². The number of pyridine rings is 1. The van der Waals surface area contributed by atoms with E-state index in [0.29, 0.717) is 12.4 Å². The van der Waals surface area contributed by atoms with Crippen molar-refractivity contribution in [1.82, 2.24) is 34.9 Å². The average molecular weight is 352 g/mol. The van der Waals surface area contributed by atoms with Gasteiger partial charge in [-0.2, -0.15) is 5.10 Å². The third kappa shape index (κ3) is 3.05. The van der Waals surface area contributed by atoms with Crippen LogP contribution in [-0.2, 0) is 20.0 Å². The van der Waals surface area contributed by atoms with Crippen molar-refractivity contribution in [1.29, 1.82) is 0 Å². The number of nitrogens with zero attached hydrogens (tertiary/aromatic N) is 7. The van der Waals surface area contributed by atoms with Gasteiger partial charge in [-0.1, -0.05) is 18.3 Å². The second-order valence-corrected chi connectivity index (χ2v) is 6.59. The van der Waals surface area contributed by atoms with E-state index in [1.54, 1.807) is 34.6 Å². The van der Waals surface area contributed by atoms with Gasteiger partial charge in [-0.3, -0.25) is 9.67 Å². The molecule has 25 heavy (non-hydrogen) atoms. The summed E-state index contributed by atoms with van der Waals surface area (Å²) >= 11 is 1.60. The Hall–Kier alpha value is -2.94. The Bertz CT molecular complexity index is 1010. The van der Waals surface area contributed by atoms with Crippen molar-refractivity contribution in [3.05, 3.63) is 40.7 Å². The van der Waals surface area contributed by atoms with E-state index in [2.05, 4.69) is 42.5 Å². The molecule has 1 N–H and O–H groups in total. The van der Waals surface area contributed by atoms with E-state index in [1.165, 1.54) is 0 Å². The molecule has 0 fully saturated rings. The van der Waals surface area contributed by atoms with Crippen molar-refractivity contribution >= 4 is 28.2 Å². The van der Waals surface area contributed by atoms with Crippen molar-refractivity contribution < 1.29 is 0 Å². The number of fused-ring (bicyclic) bond motifs is 1. The minimum absolute atomic E-state index is 0.561. The second kappa shape index (κ2) is 6.52. The van der Waals surface area contributed by atoms with Gasteiger partial charge in [-0.05, 0) is 18.6 Å². The summed E-state index contributed by atoms with van der Waals surface area (Å²) < 4.78 is 1.74. The number of hydrogen-bond donors (Lipinski definition) is 1. The molecular weight excluding hydrogens is 336 g/mol. The first-order valence-corrected chi connectivity index (χ1v) is 8.71. The van der Waals surface area contributed by atoms with E-state index < -0.39 is 0 Å². The third-order valence-electron chi connectivity index (χ3n) is 3.73. The molecule has 0 aliphatic heterocycles. The van der Waals surface area contributed by atoms with Gasteiger partial charge in [0.05, 0.1) is 18.1 Å². The number of nitrogens with one attached hydrogen (secondary N) is 1. The molecule has 0 saturated heterocycles. The molecule has 4 rings (SSSR count). The Morgan fingerprint density at radius 2 is 2.04 bits per heavy atom. The second-order valence-electron chi connectivity index (χ2n) is 5.44. The highest BCUT2D eigenvalue weighted by atomic mass is 32.1. The molecule has 0 atom stereocenters. The zero-order valence-corrected chi connectivity index (χ0v) is 14.7. The van der Waals surface area contributed by atoms with Crippen LogP contribution in [0.4, 0.5) is 5.82 Å². The van der Waals surface area contributed by atoms with Crippen LogP contribution in [0.5, 0.6) is 0 Å². The monoisotopic (exact) mass is 352 g/mol. The van der Waals surface area contributed by atoms with Gasteiger partial charge < -0.3 is 5.32 Å². The molecule has 0 saturated carbocycles. The fourth-order valence-corrected chi connectivity index (χ4v) is 3.17. The normalized spacial score (nSPS) is 11.1. The lowest BCUT2D eigenvalue weighted by Gasteiger charge is -2.07. The van der Waals surface area contributed by atoms with E-state index in [9.17, 15) is 0 Å². The maximum Gasteiger partial charge on any atom is 0.165 e. The van der Waals surface area contributed by atoms with Gasteiger partial charge in [0.1, 0.15) is 15.8 Å². The zero-order valence-electron chi connectivity index (χ0n) is 13.8. The van der Waals surface area contributed by atoms with Crippen LogP contribution in [0.25, 0.3) is 22.4 Å². The highest BCUT2D eigenvalue weighted by Crippen LogP contribution is 2.24. The minimum Gasteiger partial charge on any atom is -0.363 e. The SMILES string of the molecule is CCc1nnc(CNc2nc(-c3cccnc3)nc3c2cnn3C)s1. The van der Waals surface area contributed by atoms with Crippen LogP contribution in [0.1, 0.15) is 16.9 Å². The van der Waals surface area contributed by atoms with E-state index >= 15 is 0 Å². The standard InChI is InChI=1S/C16H16N8S/c1-3-12-22-23-13(25-12)9-18-15-11-8-19-24(2)16(11)21-14(20-15)10-5-4-6-17-7-10/h4-8H,3,9H2,1-2H3,(H,18,20,21). The van der Waals surface area contributed by atoms with Crippen LogP contribution < -0.4 is 5.32 Å². The molecule has 4 aromatic rings. The van der Waals surface area contributed by atoms with Gasteiger partial charge >= 0.3 is 0 Å². The first-order valence-electron chi connectivity index (χ1n) is 7.90. The molecule has 126 valence electrons. The van der Waals surface area contributed by atoms with Crippen molar-refractivity contribution in [3.8, 4) is 11.4 Å². The Morgan fingerprint density at radius 1 is 1.16 bits per heavy atom. The molecule has 0 radical (unpaired) electrons. The molecule has 0 amide bonds. The number of hydrogen-bond acceptors (Lipinski definition) is 8. The van der Waals surface area contributed by atoms with Crippen molar-refractivity contribution in [2.75, 3.05) is 5.32 Å². The maximum absolute atomic E-state index is 4.67. The molecule has 0 aromatic carbocycles. The molecule has 4 aromatic heterocycles. The lowest BCUT2D eigenvalue weighted by Crippen LogP contribution is -2.04. The summed E-state index contributed by atoms with van der Waals surface area (Å²) in [7, 11) is 1.87. The Morgan fingerprint density at radius 3 is 2.80 bits per heavy atom. The third-order valence-corrected chi connectivity index (χ3v) is 4.80. The maximum atomic E-state index is 4.67. The van der Waals surface area contributed by atoms with Crippen molar-refractivity contribution in [3.63, 3.8) is 0 Å². The molecular formula is C16H16N8S. The zero-order chi connectivity index (χ0) is 17.2. The van der Waals surface area contributed by atoms with E-state index in [0.717, 1.165) is 38.9 Å². The van der Waals surface area contributed by atoms with Gasteiger partial charge in [0.2, 0.25) is 0 Å². The Balaban J connectivity index is 1.71. The van der Waals surface area contributed by atoms with E-state index in [-0.39, 0.29) is 0 Å². The van der Waals surface area contributed by atoms with Crippen LogP contribution in [0.3, 0.4) is 0 Å². The van der Waals surface area contributed by atoms with Crippen LogP contribution in [-0.4, -0.2) is 34.9 Å². The van der Waals surface area contributed by atoms with Crippen molar-refractivity contribution in [2.45, 2.75) is 19.9 Å². The highest BCUT2D eigenvalue weighted by Gasteiger charge is 2.13. The molecule has 0 aliphatic carbocycles. The number of rotatable bonds is 5. The summed E-state index contributed by atoms with van der Waals surface area (Å²) in [6.45, 7) is 2.63. The fourth-order valence-electron chi connectivity index (χ4n) is 2.44. The summed E-state index contributed by atoms with van der Waals surface area (Å²) in [5.41, 5.74) is 1.63. The molecule has 0 unspecified atom stereocenters. The number of aromatic nitrogens is 7. The predicted molar refractivity (Wildman–Crippen MR) is 96.1 cm³/mol. The average Bonchev–Trinajstić information content (AvgIpc) is 3.27.